The van der Waals surface area contributed by atoms with E-state index in [0.717, 1.165) is 0 Å². The smallest absolute Gasteiger partial charge is 0.134 e. The second-order valence-electron chi connectivity index (χ2n) is 2.00. The summed E-state index contributed by atoms with van der Waals surface area (Å²) in [4.78, 5) is 3.90. The first kappa shape index (κ1) is 11.6. The summed E-state index contributed by atoms with van der Waals surface area (Å²) in [5, 5.41) is 0. The van der Waals surface area contributed by atoms with Crippen LogP contribution in [0, 0.1) is 5.82 Å². The van der Waals surface area contributed by atoms with Gasteiger partial charge in [0.05, 0.1) is 5.69 Å². The van der Waals surface area contributed by atoms with Gasteiger partial charge in [0.1, 0.15) is 5.82 Å². The first-order valence-electron chi connectivity index (χ1n) is 4.19. The molecule has 0 N–H and O–H groups in total. The molecule has 0 bridgehead atoms. The summed E-state index contributed by atoms with van der Waals surface area (Å²) in [5.41, 5.74) is 0.933. The van der Waals surface area contributed by atoms with E-state index in [0.29, 0.717) is 11.3 Å². The van der Waals surface area contributed by atoms with E-state index in [9.17, 15) is 4.39 Å². The molecule has 0 aliphatic carbocycles. The van der Waals surface area contributed by atoms with Gasteiger partial charge in [-0.2, -0.15) is 0 Å². The van der Waals surface area contributed by atoms with Gasteiger partial charge < -0.3 is 0 Å². The topological polar surface area (TPSA) is 12.9 Å². The molecule has 1 heterocycles. The van der Waals surface area contributed by atoms with Crippen molar-refractivity contribution in [2.75, 3.05) is 0 Å². The molecule has 0 saturated heterocycles. The highest BCUT2D eigenvalue weighted by Crippen LogP contribution is 2.12. The monoisotopic (exact) mass is 179 g/mol. The van der Waals surface area contributed by atoms with E-state index in [1.807, 2.05) is 13.8 Å². The Morgan fingerprint density at radius 1 is 1.31 bits per heavy atom. The standard InChI is InChI=1S/C9H8FN.C2H6/c1-3-7-8(10)5-6-11-9(7)4-2;1-2/h3-6H,1-2H2;1-2H3. The Morgan fingerprint density at radius 3 is 2.31 bits per heavy atom. The summed E-state index contributed by atoms with van der Waals surface area (Å²) in [6.45, 7) is 11.0. The first-order chi connectivity index (χ1) is 6.29. The summed E-state index contributed by atoms with van der Waals surface area (Å²) in [6.07, 6.45) is 4.33. The van der Waals surface area contributed by atoms with E-state index in [1.54, 1.807) is 0 Å². The Kier molecular flexibility index (Phi) is 5.44. The van der Waals surface area contributed by atoms with Crippen LogP contribution in [-0.2, 0) is 0 Å². The minimum Gasteiger partial charge on any atom is -0.256 e. The van der Waals surface area contributed by atoms with Crippen LogP contribution in [0.3, 0.4) is 0 Å². The average molecular weight is 179 g/mol. The maximum absolute atomic E-state index is 12.9. The zero-order valence-electron chi connectivity index (χ0n) is 8.05. The number of nitrogens with zero attached hydrogens (tertiary/aromatic N) is 1. The van der Waals surface area contributed by atoms with E-state index in [1.165, 1.54) is 24.4 Å². The fourth-order valence-electron chi connectivity index (χ4n) is 0.829. The van der Waals surface area contributed by atoms with Crippen molar-refractivity contribution < 1.29 is 4.39 Å². The van der Waals surface area contributed by atoms with Gasteiger partial charge in [0.2, 0.25) is 0 Å². The third kappa shape index (κ3) is 2.82. The van der Waals surface area contributed by atoms with Crippen LogP contribution in [-0.4, -0.2) is 4.98 Å². The highest BCUT2D eigenvalue weighted by molar-refractivity contribution is 5.60. The van der Waals surface area contributed by atoms with E-state index < -0.39 is 0 Å². The van der Waals surface area contributed by atoms with Crippen molar-refractivity contribution in [2.45, 2.75) is 13.8 Å². The molecule has 2 heteroatoms. The number of hydrogen-bond donors (Lipinski definition) is 0. The fourth-order valence-corrected chi connectivity index (χ4v) is 0.829. The summed E-state index contributed by atoms with van der Waals surface area (Å²) < 4.78 is 12.9. The Hall–Kier alpha value is -1.44. The van der Waals surface area contributed by atoms with Gasteiger partial charge in [-0.3, -0.25) is 4.98 Å². The summed E-state index contributed by atoms with van der Waals surface area (Å²) in [7, 11) is 0. The third-order valence-corrected chi connectivity index (χ3v) is 1.37. The lowest BCUT2D eigenvalue weighted by atomic mass is 10.2. The molecule has 1 aromatic heterocycles. The maximum atomic E-state index is 12.9. The summed E-state index contributed by atoms with van der Waals surface area (Å²) in [6, 6.07) is 1.30. The van der Waals surface area contributed by atoms with Crippen LogP contribution in [0.1, 0.15) is 25.1 Å². The predicted molar refractivity (Wildman–Crippen MR) is 55.7 cm³/mol. The molecule has 13 heavy (non-hydrogen) atoms. The normalized spacial score (nSPS) is 8.23. The number of halogens is 1. The minimum absolute atomic E-state index is 0.315. The SMILES string of the molecule is C=Cc1nccc(F)c1C=C.CC. The van der Waals surface area contributed by atoms with Crippen molar-refractivity contribution in [1.29, 1.82) is 0 Å². The van der Waals surface area contributed by atoms with Crippen LogP contribution in [0.5, 0.6) is 0 Å². The molecule has 1 nitrogen and oxygen atoms in total. The van der Waals surface area contributed by atoms with Crippen LogP contribution in [0.25, 0.3) is 12.2 Å². The number of rotatable bonds is 2. The van der Waals surface area contributed by atoms with Gasteiger partial charge in [-0.25, -0.2) is 4.39 Å². The lowest BCUT2D eigenvalue weighted by Crippen LogP contribution is -1.89. The molecular formula is C11H14FN. The number of pyridine rings is 1. The van der Waals surface area contributed by atoms with E-state index in [-0.39, 0.29) is 5.82 Å². The van der Waals surface area contributed by atoms with Crippen molar-refractivity contribution in [3.05, 3.63) is 42.5 Å². The number of aromatic nitrogens is 1. The van der Waals surface area contributed by atoms with Crippen molar-refractivity contribution in [1.82, 2.24) is 4.98 Å². The largest absolute Gasteiger partial charge is 0.256 e. The van der Waals surface area contributed by atoms with E-state index >= 15 is 0 Å². The molecule has 0 aliphatic rings. The molecule has 1 rings (SSSR count). The third-order valence-electron chi connectivity index (χ3n) is 1.37. The maximum Gasteiger partial charge on any atom is 0.134 e. The second kappa shape index (κ2) is 6.12. The second-order valence-corrected chi connectivity index (χ2v) is 2.00. The Morgan fingerprint density at radius 2 is 1.92 bits per heavy atom. The highest BCUT2D eigenvalue weighted by atomic mass is 19.1. The Labute approximate surface area is 78.6 Å². The molecule has 0 radical (unpaired) electrons. The van der Waals surface area contributed by atoms with Crippen LogP contribution >= 0.6 is 0 Å². The minimum atomic E-state index is -0.315. The van der Waals surface area contributed by atoms with Crippen molar-refractivity contribution in [3.8, 4) is 0 Å². The Balaban J connectivity index is 0.000000671. The van der Waals surface area contributed by atoms with Gasteiger partial charge in [0.25, 0.3) is 0 Å². The molecule has 0 unspecified atom stereocenters. The molecule has 0 aromatic carbocycles. The Bertz CT molecular complexity index is 292. The van der Waals surface area contributed by atoms with Crippen molar-refractivity contribution in [3.63, 3.8) is 0 Å². The molecule has 0 spiro atoms. The lowest BCUT2D eigenvalue weighted by Gasteiger charge is -1.98. The molecule has 0 fully saturated rings. The van der Waals surface area contributed by atoms with Crippen LogP contribution in [0.2, 0.25) is 0 Å². The fraction of sp³-hybridized carbons (Fsp3) is 0.182. The van der Waals surface area contributed by atoms with Crippen LogP contribution < -0.4 is 0 Å². The molecule has 0 atom stereocenters. The average Bonchev–Trinajstić information content (AvgIpc) is 2.20. The van der Waals surface area contributed by atoms with Crippen molar-refractivity contribution >= 4 is 12.2 Å². The summed E-state index contributed by atoms with van der Waals surface area (Å²) in [5.74, 6) is -0.315. The molecule has 70 valence electrons. The van der Waals surface area contributed by atoms with Crippen LogP contribution in [0.15, 0.2) is 25.4 Å². The van der Waals surface area contributed by atoms with Gasteiger partial charge in [-0.05, 0) is 12.1 Å². The molecular weight excluding hydrogens is 165 g/mol. The van der Waals surface area contributed by atoms with Crippen LogP contribution in [0.4, 0.5) is 4.39 Å². The quantitative estimate of drug-likeness (QED) is 0.676. The molecule has 0 saturated carbocycles. The van der Waals surface area contributed by atoms with Gasteiger partial charge in [-0.1, -0.05) is 33.1 Å². The highest BCUT2D eigenvalue weighted by Gasteiger charge is 2.01. The van der Waals surface area contributed by atoms with E-state index in [2.05, 4.69) is 18.1 Å². The molecule has 0 amide bonds. The number of hydrogen-bond acceptors (Lipinski definition) is 1. The first-order valence-corrected chi connectivity index (χ1v) is 4.19. The van der Waals surface area contributed by atoms with Gasteiger partial charge in [0, 0.05) is 11.8 Å². The predicted octanol–water partition coefficient (Wildman–Crippen LogP) is 3.53. The summed E-state index contributed by atoms with van der Waals surface area (Å²) >= 11 is 0. The zero-order chi connectivity index (χ0) is 10.3. The lowest BCUT2D eigenvalue weighted by molar-refractivity contribution is 0.622. The van der Waals surface area contributed by atoms with Gasteiger partial charge >= 0.3 is 0 Å². The zero-order valence-corrected chi connectivity index (χ0v) is 8.05. The molecule has 1 aromatic rings. The van der Waals surface area contributed by atoms with Gasteiger partial charge in [-0.15, -0.1) is 0 Å². The van der Waals surface area contributed by atoms with Gasteiger partial charge in [0.15, 0.2) is 0 Å². The molecule has 0 aliphatic heterocycles. The van der Waals surface area contributed by atoms with Crippen molar-refractivity contribution in [2.24, 2.45) is 0 Å². The van der Waals surface area contributed by atoms with E-state index in [4.69, 9.17) is 0 Å².